The minimum absolute atomic E-state index is 0.0729. The van der Waals surface area contributed by atoms with Crippen LogP contribution >= 0.6 is 0 Å². The molecular formula is C23H25F3N2O5. The van der Waals surface area contributed by atoms with Gasteiger partial charge in [-0.25, -0.2) is 4.79 Å². The Morgan fingerprint density at radius 2 is 2.00 bits per heavy atom. The van der Waals surface area contributed by atoms with Crippen LogP contribution in [-0.2, 0) is 20.9 Å². The Morgan fingerprint density at radius 1 is 1.27 bits per heavy atom. The number of halogens is 3. The summed E-state index contributed by atoms with van der Waals surface area (Å²) < 4.78 is 43.9. The van der Waals surface area contributed by atoms with Gasteiger partial charge < -0.3 is 19.5 Å². The number of carboxylic acid groups (broad SMARTS) is 1. The number of carbonyl (C=O) groups excluding carboxylic acids is 1. The number of likely N-dealkylation sites (tertiary alicyclic amines) is 1. The summed E-state index contributed by atoms with van der Waals surface area (Å²) in [7, 11) is 0. The van der Waals surface area contributed by atoms with E-state index in [0.29, 0.717) is 19.8 Å². The normalized spacial score (nSPS) is 22.2. The van der Waals surface area contributed by atoms with Crippen molar-refractivity contribution in [2.75, 3.05) is 19.7 Å². The summed E-state index contributed by atoms with van der Waals surface area (Å²) in [5, 5.41) is 7.12. The molecule has 0 saturated carbocycles. The Bertz CT molecular complexity index is 970. The maximum Gasteiger partial charge on any atom is 0.490 e. The third kappa shape index (κ3) is 6.52. The number of nitrogens with zero attached hydrogens (tertiary/aromatic N) is 2. The topological polar surface area (TPSA) is 89.0 Å². The average molecular weight is 466 g/mol. The fraction of sp³-hybridized carbons (Fsp3) is 0.435. The summed E-state index contributed by atoms with van der Waals surface area (Å²) >= 11 is 0. The van der Waals surface area contributed by atoms with Crippen LogP contribution in [0, 0.1) is 6.92 Å². The molecular weight excluding hydrogens is 441 g/mol. The first-order valence-corrected chi connectivity index (χ1v) is 10.4. The van der Waals surface area contributed by atoms with E-state index >= 15 is 0 Å². The fourth-order valence-electron chi connectivity index (χ4n) is 3.89. The van der Waals surface area contributed by atoms with E-state index in [2.05, 4.69) is 4.98 Å². The van der Waals surface area contributed by atoms with Crippen LogP contribution in [-0.4, -0.2) is 64.4 Å². The first-order valence-electron chi connectivity index (χ1n) is 10.4. The van der Waals surface area contributed by atoms with Crippen molar-refractivity contribution in [1.82, 2.24) is 9.88 Å². The van der Waals surface area contributed by atoms with Crippen LogP contribution in [0.5, 0.6) is 0 Å². The van der Waals surface area contributed by atoms with Crippen LogP contribution in [0.15, 0.2) is 48.8 Å². The van der Waals surface area contributed by atoms with Crippen molar-refractivity contribution in [1.29, 1.82) is 0 Å². The van der Waals surface area contributed by atoms with E-state index in [1.165, 1.54) is 0 Å². The molecule has 178 valence electrons. The molecule has 0 unspecified atom stereocenters. The van der Waals surface area contributed by atoms with Crippen molar-refractivity contribution < 1.29 is 37.3 Å². The van der Waals surface area contributed by atoms with Gasteiger partial charge in [0.05, 0.1) is 31.5 Å². The summed E-state index contributed by atoms with van der Waals surface area (Å²) in [6.45, 7) is 4.50. The molecule has 2 aliphatic rings. The van der Waals surface area contributed by atoms with Gasteiger partial charge in [-0.05, 0) is 36.6 Å². The molecule has 1 amide bonds. The number of rotatable bonds is 4. The third-order valence-electron chi connectivity index (χ3n) is 5.61. The average Bonchev–Trinajstić information content (AvgIpc) is 3.39. The number of aromatic nitrogens is 1. The highest BCUT2D eigenvalue weighted by Crippen LogP contribution is 2.37. The van der Waals surface area contributed by atoms with E-state index in [-0.39, 0.29) is 17.6 Å². The number of pyridine rings is 1. The maximum absolute atomic E-state index is 12.8. The fourth-order valence-corrected chi connectivity index (χ4v) is 3.89. The van der Waals surface area contributed by atoms with Crippen LogP contribution in [0.2, 0.25) is 0 Å². The number of amides is 1. The molecule has 4 rings (SSSR count). The van der Waals surface area contributed by atoms with Gasteiger partial charge in [0.15, 0.2) is 0 Å². The molecule has 3 heterocycles. The zero-order valence-electron chi connectivity index (χ0n) is 18.0. The minimum atomic E-state index is -5.08. The van der Waals surface area contributed by atoms with E-state index in [4.69, 9.17) is 19.4 Å². The number of carbonyl (C=O) groups is 2. The van der Waals surface area contributed by atoms with E-state index in [1.54, 1.807) is 6.20 Å². The number of benzene rings is 1. The molecule has 2 aromatic rings. The molecule has 0 bridgehead atoms. The van der Waals surface area contributed by atoms with E-state index < -0.39 is 12.1 Å². The lowest BCUT2D eigenvalue weighted by Crippen LogP contribution is -2.36. The van der Waals surface area contributed by atoms with E-state index in [0.717, 1.165) is 36.1 Å². The number of carboxylic acids is 1. The smallest absolute Gasteiger partial charge is 0.475 e. The molecule has 33 heavy (non-hydrogen) atoms. The van der Waals surface area contributed by atoms with Gasteiger partial charge in [0.25, 0.3) is 5.91 Å². The minimum Gasteiger partial charge on any atom is -0.475 e. The highest BCUT2D eigenvalue weighted by atomic mass is 19.4. The SMILES string of the molecule is Cc1ccccc1C(=O)N1CC[C@]2(C[C@@H](OCc3cccnc3)CO2)C1.O=C(O)C(F)(F)F. The summed E-state index contributed by atoms with van der Waals surface area (Å²) in [5.74, 6) is -2.66. The predicted molar refractivity (Wildman–Crippen MR) is 112 cm³/mol. The van der Waals surface area contributed by atoms with E-state index in [9.17, 15) is 18.0 Å². The molecule has 2 saturated heterocycles. The van der Waals surface area contributed by atoms with Crippen molar-refractivity contribution in [3.63, 3.8) is 0 Å². The van der Waals surface area contributed by atoms with Crippen molar-refractivity contribution in [3.05, 3.63) is 65.5 Å². The summed E-state index contributed by atoms with van der Waals surface area (Å²) in [6.07, 6.45) is 0.283. The van der Waals surface area contributed by atoms with Crippen LogP contribution in [0.1, 0.15) is 34.3 Å². The van der Waals surface area contributed by atoms with Crippen molar-refractivity contribution in [2.45, 2.75) is 44.3 Å². The summed E-state index contributed by atoms with van der Waals surface area (Å²) in [6, 6.07) is 11.7. The Kier molecular flexibility index (Phi) is 7.70. The molecule has 1 N–H and O–H groups in total. The quantitative estimate of drug-likeness (QED) is 0.741. The summed E-state index contributed by atoms with van der Waals surface area (Å²) in [4.78, 5) is 27.8. The number of alkyl halides is 3. The lowest BCUT2D eigenvalue weighted by atomic mass is 9.98. The number of aliphatic carboxylic acids is 1. The van der Waals surface area contributed by atoms with Gasteiger partial charge in [0.1, 0.15) is 0 Å². The first kappa shape index (κ1) is 24.7. The third-order valence-corrected chi connectivity index (χ3v) is 5.61. The summed E-state index contributed by atoms with van der Waals surface area (Å²) in [5.41, 5.74) is 2.62. The Labute approximate surface area is 189 Å². The largest absolute Gasteiger partial charge is 0.490 e. The van der Waals surface area contributed by atoms with Gasteiger partial charge >= 0.3 is 12.1 Å². The van der Waals surface area contributed by atoms with Crippen LogP contribution in [0.4, 0.5) is 13.2 Å². The van der Waals surface area contributed by atoms with E-state index in [1.807, 2.05) is 54.4 Å². The zero-order chi connectivity index (χ0) is 24.1. The van der Waals surface area contributed by atoms with Crippen molar-refractivity contribution >= 4 is 11.9 Å². The van der Waals surface area contributed by atoms with Crippen LogP contribution in [0.3, 0.4) is 0 Å². The lowest BCUT2D eigenvalue weighted by Gasteiger charge is -2.23. The molecule has 2 aliphatic heterocycles. The van der Waals surface area contributed by atoms with Gasteiger partial charge in [-0.15, -0.1) is 0 Å². The van der Waals surface area contributed by atoms with Gasteiger partial charge in [0, 0.05) is 30.9 Å². The van der Waals surface area contributed by atoms with Gasteiger partial charge in [0.2, 0.25) is 0 Å². The van der Waals surface area contributed by atoms with Crippen molar-refractivity contribution in [2.24, 2.45) is 0 Å². The second-order valence-corrected chi connectivity index (χ2v) is 8.09. The molecule has 2 atom stereocenters. The zero-order valence-corrected chi connectivity index (χ0v) is 18.0. The number of hydrogen-bond donors (Lipinski definition) is 1. The highest BCUT2D eigenvalue weighted by Gasteiger charge is 2.47. The number of hydrogen-bond acceptors (Lipinski definition) is 5. The monoisotopic (exact) mass is 466 g/mol. The molecule has 0 aliphatic carbocycles. The Balaban J connectivity index is 0.000000383. The van der Waals surface area contributed by atoms with Crippen molar-refractivity contribution in [3.8, 4) is 0 Å². The lowest BCUT2D eigenvalue weighted by molar-refractivity contribution is -0.192. The maximum atomic E-state index is 12.8. The Hall–Kier alpha value is -2.98. The molecule has 1 aromatic heterocycles. The Morgan fingerprint density at radius 3 is 2.64 bits per heavy atom. The number of ether oxygens (including phenoxy) is 2. The standard InChI is InChI=1S/C21H24N2O3.C2HF3O2/c1-16-5-2-3-7-19(16)20(24)23-10-8-21(15-23)11-18(14-26-21)25-13-17-6-4-9-22-12-17;3-2(4,5)1(6)7/h2-7,9,12,18H,8,10-11,13-15H2,1H3;(H,6,7)/t18-,21+;/m1./s1. The second kappa shape index (κ2) is 10.3. The molecule has 1 spiro atoms. The second-order valence-electron chi connectivity index (χ2n) is 8.09. The van der Waals surface area contributed by atoms with Gasteiger partial charge in [-0.2, -0.15) is 13.2 Å². The molecule has 1 aromatic carbocycles. The highest BCUT2D eigenvalue weighted by molar-refractivity contribution is 5.95. The molecule has 2 fully saturated rings. The number of aryl methyl sites for hydroxylation is 1. The molecule has 0 radical (unpaired) electrons. The molecule has 10 heteroatoms. The molecule has 7 nitrogen and oxygen atoms in total. The van der Waals surface area contributed by atoms with Crippen LogP contribution in [0.25, 0.3) is 0 Å². The van der Waals surface area contributed by atoms with Gasteiger partial charge in [-0.1, -0.05) is 24.3 Å². The van der Waals surface area contributed by atoms with Crippen LogP contribution < -0.4 is 0 Å². The predicted octanol–water partition coefficient (Wildman–Crippen LogP) is 3.61. The van der Waals surface area contributed by atoms with Gasteiger partial charge in [-0.3, -0.25) is 9.78 Å². The first-order chi connectivity index (χ1) is 15.6.